The second-order valence-corrected chi connectivity index (χ2v) is 13.9. The van der Waals surface area contributed by atoms with Crippen LogP contribution in [0.25, 0.3) is 38.8 Å². The number of hydrogen-bond donors (Lipinski definition) is 0. The number of fused-ring (bicyclic) bond motifs is 4. The molecule has 0 spiro atoms. The predicted molar refractivity (Wildman–Crippen MR) is 202 cm³/mol. The van der Waals surface area contributed by atoms with E-state index in [1.807, 2.05) is 65.7 Å². The number of benzene rings is 5. The van der Waals surface area contributed by atoms with E-state index >= 15 is 0 Å². The van der Waals surface area contributed by atoms with Crippen molar-refractivity contribution in [3.05, 3.63) is 144 Å². The van der Waals surface area contributed by atoms with Gasteiger partial charge in [-0.3, -0.25) is 0 Å². The van der Waals surface area contributed by atoms with Crippen LogP contribution < -0.4 is 14.5 Å². The molecule has 1 aliphatic heterocycles. The Kier molecular flexibility index (Phi) is 7.67. The first kappa shape index (κ1) is 30.0. The van der Waals surface area contributed by atoms with Crippen molar-refractivity contribution in [2.75, 3.05) is 16.8 Å². The van der Waals surface area contributed by atoms with Gasteiger partial charge in [0.15, 0.2) is 0 Å². The second-order valence-electron chi connectivity index (χ2n) is 13.9. The van der Waals surface area contributed by atoms with E-state index in [1.165, 1.54) is 16.0 Å². The van der Waals surface area contributed by atoms with Crippen LogP contribution in [0.15, 0.2) is 103 Å². The molecule has 3 heterocycles. The average molecular weight is 838 g/mol. The number of para-hydroxylation sites is 3. The van der Waals surface area contributed by atoms with Crippen molar-refractivity contribution in [3.8, 4) is 28.4 Å². The fourth-order valence-corrected chi connectivity index (χ4v) is 7.09. The van der Waals surface area contributed by atoms with Gasteiger partial charge in [0.25, 0.3) is 0 Å². The quantitative estimate of drug-likeness (QED) is 0.162. The Morgan fingerprint density at radius 3 is 2.28 bits per heavy atom. The SMILES string of the molecule is [2H]C([2H])([2H])N1[CH-]N(c2[c-]c(Oc3[c-]c4c(cc3)c3ccccc3n4-c3cc(C(C)(C)C)ccn3)cc(-c3c(C)cc(C)cc3C)c2)c2ccccc21.[Pt]. The van der Waals surface area contributed by atoms with Gasteiger partial charge in [-0.05, 0) is 91.1 Å². The third kappa shape index (κ3) is 5.88. The Hall–Kier alpha value is -4.86. The monoisotopic (exact) mass is 837 g/mol. The molecule has 0 unspecified atom stereocenters. The molecular weight excluding hydrogens is 796 g/mol. The van der Waals surface area contributed by atoms with Gasteiger partial charge < -0.3 is 19.1 Å². The Morgan fingerprint density at radius 1 is 0.780 bits per heavy atom. The van der Waals surface area contributed by atoms with Crippen LogP contribution in [0.2, 0.25) is 0 Å². The van der Waals surface area contributed by atoms with E-state index < -0.39 is 6.98 Å². The first-order valence-electron chi connectivity index (χ1n) is 18.0. The normalized spacial score (nSPS) is 13.9. The molecule has 5 nitrogen and oxygen atoms in total. The minimum absolute atomic E-state index is 0. The zero-order valence-electron chi connectivity index (χ0n) is 31.9. The molecule has 0 saturated heterocycles. The number of pyridine rings is 1. The molecular formula is C44H39N4OPt-3. The number of rotatable bonds is 5. The van der Waals surface area contributed by atoms with Crippen molar-refractivity contribution in [2.24, 2.45) is 0 Å². The summed E-state index contributed by atoms with van der Waals surface area (Å²) in [6, 6.07) is 39.5. The molecule has 0 saturated carbocycles. The smallest absolute Gasteiger partial charge is 0.135 e. The fraction of sp³-hybridized carbons (Fsp3) is 0.182. The molecule has 0 bridgehead atoms. The molecule has 6 heteroatoms. The van der Waals surface area contributed by atoms with E-state index in [4.69, 9.17) is 13.8 Å². The number of hydrogen-bond acceptors (Lipinski definition) is 4. The van der Waals surface area contributed by atoms with Crippen LogP contribution in [0.4, 0.5) is 17.1 Å². The molecule has 0 amide bonds. The van der Waals surface area contributed by atoms with Gasteiger partial charge in [-0.2, -0.15) is 12.7 Å². The van der Waals surface area contributed by atoms with Crippen LogP contribution >= 0.6 is 0 Å². The predicted octanol–water partition coefficient (Wildman–Crippen LogP) is 11.2. The van der Waals surface area contributed by atoms with Gasteiger partial charge in [0.2, 0.25) is 0 Å². The van der Waals surface area contributed by atoms with Crippen molar-refractivity contribution >= 4 is 38.9 Å². The summed E-state index contributed by atoms with van der Waals surface area (Å²) in [6.45, 7) is 12.2. The number of aromatic nitrogens is 2. The molecule has 8 rings (SSSR count). The van der Waals surface area contributed by atoms with Crippen LogP contribution in [-0.4, -0.2) is 16.5 Å². The molecule has 5 aromatic carbocycles. The van der Waals surface area contributed by atoms with Gasteiger partial charge in [-0.25, -0.2) is 4.98 Å². The van der Waals surface area contributed by atoms with Crippen LogP contribution in [-0.2, 0) is 26.5 Å². The standard InChI is InChI=1S/C44H39N4O.Pt/c1-28-20-29(2)43(30(3)21-28)31-22-33(47-27-46(7)39-14-10-11-15-40(39)47)25-35(23-31)49-34-16-17-37-36-12-8-9-13-38(36)48(41(37)26-34)42-24-32(18-19-45-42)44(4,5)6;/h8-24,27H,1-7H3;/q-3;/i7D3;. The first-order valence-corrected chi connectivity index (χ1v) is 16.5. The molecule has 0 aliphatic carbocycles. The summed E-state index contributed by atoms with van der Waals surface area (Å²) in [5, 5.41) is 2.15. The number of anilines is 3. The number of ether oxygens (including phenoxy) is 1. The maximum absolute atomic E-state index is 8.24. The van der Waals surface area contributed by atoms with Crippen LogP contribution in [0, 0.1) is 39.6 Å². The summed E-state index contributed by atoms with van der Waals surface area (Å²) in [7, 11) is 0. The van der Waals surface area contributed by atoms with E-state index in [2.05, 4.69) is 101 Å². The number of aryl methyl sites for hydroxylation is 3. The van der Waals surface area contributed by atoms with Crippen molar-refractivity contribution in [1.29, 1.82) is 0 Å². The first-order chi connectivity index (χ1) is 24.8. The molecule has 1 aliphatic rings. The molecule has 7 aromatic rings. The molecule has 0 fully saturated rings. The zero-order chi connectivity index (χ0) is 36.5. The molecule has 0 atom stereocenters. The van der Waals surface area contributed by atoms with E-state index in [-0.39, 0.29) is 26.5 Å². The van der Waals surface area contributed by atoms with E-state index in [0.29, 0.717) is 22.9 Å². The maximum Gasteiger partial charge on any atom is 0.135 e. The third-order valence-corrected chi connectivity index (χ3v) is 9.30. The topological polar surface area (TPSA) is 33.5 Å². The summed E-state index contributed by atoms with van der Waals surface area (Å²) in [6.07, 6.45) is 1.87. The average Bonchev–Trinajstić information content (AvgIpc) is 3.64. The van der Waals surface area contributed by atoms with Crippen LogP contribution in [0.1, 0.15) is 47.1 Å². The van der Waals surface area contributed by atoms with Crippen LogP contribution in [0.5, 0.6) is 11.5 Å². The molecule has 2 aromatic heterocycles. The molecule has 254 valence electrons. The van der Waals surface area contributed by atoms with Gasteiger partial charge in [0.1, 0.15) is 5.82 Å². The van der Waals surface area contributed by atoms with E-state index in [9.17, 15) is 0 Å². The third-order valence-electron chi connectivity index (χ3n) is 9.30. The Labute approximate surface area is 313 Å². The largest absolute Gasteiger partial charge is 0.509 e. The van der Waals surface area contributed by atoms with Crippen LogP contribution in [0.3, 0.4) is 0 Å². The molecule has 0 radical (unpaired) electrons. The Bertz CT molecular complexity index is 2490. The van der Waals surface area contributed by atoms with Gasteiger partial charge in [0.05, 0.1) is 0 Å². The minimum atomic E-state index is -2.37. The summed E-state index contributed by atoms with van der Waals surface area (Å²) in [4.78, 5) is 8.02. The van der Waals surface area contributed by atoms with Crippen molar-refractivity contribution < 1.29 is 29.9 Å². The van der Waals surface area contributed by atoms with Gasteiger partial charge >= 0.3 is 0 Å². The van der Waals surface area contributed by atoms with Gasteiger partial charge in [-0.15, -0.1) is 47.0 Å². The van der Waals surface area contributed by atoms with Crippen molar-refractivity contribution in [3.63, 3.8) is 0 Å². The zero-order valence-corrected chi connectivity index (χ0v) is 31.2. The summed E-state index contributed by atoms with van der Waals surface area (Å²) in [5.74, 6) is 1.82. The Morgan fingerprint density at radius 2 is 1.52 bits per heavy atom. The molecule has 50 heavy (non-hydrogen) atoms. The van der Waals surface area contributed by atoms with E-state index in [1.54, 1.807) is 6.67 Å². The minimum Gasteiger partial charge on any atom is -0.509 e. The van der Waals surface area contributed by atoms with Gasteiger partial charge in [0, 0.05) is 59.8 Å². The summed E-state index contributed by atoms with van der Waals surface area (Å²) >= 11 is 0. The van der Waals surface area contributed by atoms with E-state index in [0.717, 1.165) is 55.6 Å². The summed E-state index contributed by atoms with van der Waals surface area (Å²) < 4.78 is 33.6. The van der Waals surface area contributed by atoms with Gasteiger partial charge in [-0.1, -0.05) is 74.3 Å². The second kappa shape index (κ2) is 12.8. The maximum atomic E-state index is 8.24. The fourth-order valence-electron chi connectivity index (χ4n) is 7.09. The Balaban J connectivity index is 0.00000435. The number of nitrogens with zero attached hydrogens (tertiary/aromatic N) is 4. The van der Waals surface area contributed by atoms with Crippen molar-refractivity contribution in [2.45, 2.75) is 47.0 Å². The molecule has 0 N–H and O–H groups in total. The van der Waals surface area contributed by atoms with Crippen molar-refractivity contribution in [1.82, 2.24) is 9.55 Å². The summed E-state index contributed by atoms with van der Waals surface area (Å²) in [5.41, 5.74) is 10.5.